The largest absolute Gasteiger partial charge is 0.298 e. The van der Waals surface area contributed by atoms with Gasteiger partial charge in [-0.05, 0) is 37.1 Å². The fourth-order valence-corrected chi connectivity index (χ4v) is 3.38. The Morgan fingerprint density at radius 3 is 3.09 bits per heavy atom. The van der Waals surface area contributed by atoms with Gasteiger partial charge in [-0.1, -0.05) is 12.1 Å². The lowest BCUT2D eigenvalue weighted by atomic mass is 9.94. The van der Waals surface area contributed by atoms with Gasteiger partial charge in [0, 0.05) is 31.4 Å². The predicted molar refractivity (Wildman–Crippen MR) is 85.3 cm³/mol. The van der Waals surface area contributed by atoms with E-state index in [4.69, 9.17) is 0 Å². The Labute approximate surface area is 133 Å². The molecule has 2 aromatic heterocycles. The normalized spacial score (nSPS) is 19.3. The third kappa shape index (κ3) is 2.94. The third-order valence-electron chi connectivity index (χ3n) is 4.43. The van der Waals surface area contributed by atoms with Crippen LogP contribution in [0.2, 0.25) is 0 Å². The summed E-state index contributed by atoms with van der Waals surface area (Å²) in [6.45, 7) is 2.72. The molecule has 0 amide bonds. The van der Waals surface area contributed by atoms with Gasteiger partial charge in [0.05, 0.1) is 5.69 Å². The zero-order chi connectivity index (χ0) is 15.6. The van der Waals surface area contributed by atoms with E-state index in [-0.39, 0.29) is 5.82 Å². The molecule has 0 spiro atoms. The van der Waals surface area contributed by atoms with E-state index in [1.807, 2.05) is 6.07 Å². The first-order valence-corrected chi connectivity index (χ1v) is 7.91. The monoisotopic (exact) mass is 311 g/mol. The maximum atomic E-state index is 13.3. The molecule has 4 rings (SSSR count). The van der Waals surface area contributed by atoms with Gasteiger partial charge in [-0.2, -0.15) is 5.10 Å². The van der Waals surface area contributed by atoms with Crippen LogP contribution in [0, 0.1) is 5.82 Å². The average Bonchev–Trinajstić information content (AvgIpc) is 2.99. The van der Waals surface area contributed by atoms with E-state index >= 15 is 0 Å². The minimum atomic E-state index is -0.175. The lowest BCUT2D eigenvalue weighted by Crippen LogP contribution is -2.34. The van der Waals surface area contributed by atoms with Gasteiger partial charge >= 0.3 is 0 Å². The molecule has 0 bridgehead atoms. The number of hydrogen-bond donors (Lipinski definition) is 1. The number of halogens is 1. The van der Waals surface area contributed by atoms with Crippen molar-refractivity contribution >= 4 is 11.2 Å². The predicted octanol–water partition coefficient (Wildman–Crippen LogP) is 2.87. The van der Waals surface area contributed by atoms with Crippen LogP contribution in [0.25, 0.3) is 11.2 Å². The second-order valence-electron chi connectivity index (χ2n) is 6.07. The summed E-state index contributed by atoms with van der Waals surface area (Å²) in [5, 5.41) is 7.36. The van der Waals surface area contributed by atoms with Gasteiger partial charge in [0.25, 0.3) is 0 Å². The number of nitrogens with one attached hydrogen (secondary N) is 1. The summed E-state index contributed by atoms with van der Waals surface area (Å²) in [7, 11) is 0. The Bertz CT molecular complexity index is 815. The van der Waals surface area contributed by atoms with Crippen molar-refractivity contribution in [2.24, 2.45) is 0 Å². The molecule has 1 aromatic carbocycles. The quantitative estimate of drug-likeness (QED) is 0.808. The lowest BCUT2D eigenvalue weighted by molar-refractivity contribution is 0.198. The molecule has 6 heteroatoms. The molecule has 0 radical (unpaired) electrons. The van der Waals surface area contributed by atoms with Crippen molar-refractivity contribution in [3.63, 3.8) is 0 Å². The number of benzene rings is 1. The first-order chi connectivity index (χ1) is 11.3. The molecule has 1 fully saturated rings. The van der Waals surface area contributed by atoms with Gasteiger partial charge in [0.1, 0.15) is 11.3 Å². The summed E-state index contributed by atoms with van der Waals surface area (Å²) >= 11 is 0. The molecule has 1 unspecified atom stereocenters. The molecule has 0 saturated carbocycles. The molecule has 1 saturated heterocycles. The molecule has 1 N–H and O–H groups in total. The molecule has 118 valence electrons. The van der Waals surface area contributed by atoms with Crippen LogP contribution in [0.1, 0.15) is 30.0 Å². The average molecular weight is 311 g/mol. The minimum absolute atomic E-state index is 0.175. The number of fused-ring (bicyclic) bond motifs is 1. The molecule has 5 nitrogen and oxygen atoms in total. The molecule has 3 heterocycles. The molecular weight excluding hydrogens is 293 g/mol. The number of aromatic nitrogens is 4. The van der Waals surface area contributed by atoms with E-state index in [9.17, 15) is 4.39 Å². The Hall–Kier alpha value is -2.34. The van der Waals surface area contributed by atoms with Crippen LogP contribution in [0.3, 0.4) is 0 Å². The van der Waals surface area contributed by atoms with Gasteiger partial charge in [0.15, 0.2) is 5.65 Å². The maximum Gasteiger partial charge on any atom is 0.199 e. The smallest absolute Gasteiger partial charge is 0.199 e. The number of likely N-dealkylation sites (tertiary alicyclic amines) is 1. The van der Waals surface area contributed by atoms with Crippen LogP contribution in [-0.4, -0.2) is 38.2 Å². The SMILES string of the molecule is Fc1cccc(CN2CCCC(c3[nH]nc4nccnc34)C2)c1. The topological polar surface area (TPSA) is 57.7 Å². The number of nitrogens with zero attached hydrogens (tertiary/aromatic N) is 4. The standard InChI is InChI=1S/C17H18FN5/c18-14-5-1-3-12(9-14)10-23-8-2-4-13(11-23)15-16-17(22-21-15)20-7-6-19-16/h1,3,5-7,9,13H,2,4,8,10-11H2,(H,20,21,22). The van der Waals surface area contributed by atoms with Crippen LogP contribution >= 0.6 is 0 Å². The maximum absolute atomic E-state index is 13.3. The zero-order valence-corrected chi connectivity index (χ0v) is 12.7. The fourth-order valence-electron chi connectivity index (χ4n) is 3.38. The summed E-state index contributed by atoms with van der Waals surface area (Å²) in [5.74, 6) is 0.185. The summed E-state index contributed by atoms with van der Waals surface area (Å²) < 4.78 is 13.3. The van der Waals surface area contributed by atoms with Crippen LogP contribution in [0.15, 0.2) is 36.7 Å². The summed E-state index contributed by atoms with van der Waals surface area (Å²) in [6.07, 6.45) is 5.58. The van der Waals surface area contributed by atoms with Crippen LogP contribution in [0.4, 0.5) is 4.39 Å². The van der Waals surface area contributed by atoms with Crippen molar-refractivity contribution in [3.8, 4) is 0 Å². The Kier molecular flexibility index (Phi) is 3.75. The summed E-state index contributed by atoms with van der Waals surface area (Å²) in [6, 6.07) is 6.84. The first kappa shape index (κ1) is 14.3. The number of aromatic amines is 1. The highest BCUT2D eigenvalue weighted by Crippen LogP contribution is 2.29. The summed E-state index contributed by atoms with van der Waals surface area (Å²) in [4.78, 5) is 11.0. The van der Waals surface area contributed by atoms with Crippen molar-refractivity contribution in [1.82, 2.24) is 25.1 Å². The Morgan fingerprint density at radius 1 is 1.26 bits per heavy atom. The van der Waals surface area contributed by atoms with Crippen molar-refractivity contribution in [3.05, 3.63) is 53.7 Å². The number of H-pyrrole nitrogens is 1. The second kappa shape index (κ2) is 6.04. The van der Waals surface area contributed by atoms with E-state index in [2.05, 4.69) is 25.1 Å². The minimum Gasteiger partial charge on any atom is -0.298 e. The van der Waals surface area contributed by atoms with Gasteiger partial charge in [-0.25, -0.2) is 14.4 Å². The van der Waals surface area contributed by atoms with E-state index < -0.39 is 0 Å². The van der Waals surface area contributed by atoms with Gasteiger partial charge in [-0.15, -0.1) is 0 Å². The lowest BCUT2D eigenvalue weighted by Gasteiger charge is -2.32. The molecule has 23 heavy (non-hydrogen) atoms. The highest BCUT2D eigenvalue weighted by atomic mass is 19.1. The van der Waals surface area contributed by atoms with E-state index in [0.29, 0.717) is 11.6 Å². The Morgan fingerprint density at radius 2 is 2.17 bits per heavy atom. The van der Waals surface area contributed by atoms with E-state index in [1.165, 1.54) is 6.07 Å². The number of piperidine rings is 1. The molecule has 1 atom stereocenters. The molecule has 3 aromatic rings. The first-order valence-electron chi connectivity index (χ1n) is 7.91. The van der Waals surface area contributed by atoms with E-state index in [1.54, 1.807) is 24.5 Å². The molecule has 1 aliphatic heterocycles. The molecule has 0 aliphatic carbocycles. The van der Waals surface area contributed by atoms with Crippen molar-refractivity contribution in [2.75, 3.05) is 13.1 Å². The van der Waals surface area contributed by atoms with Gasteiger partial charge in [-0.3, -0.25) is 10.00 Å². The van der Waals surface area contributed by atoms with E-state index in [0.717, 1.165) is 49.2 Å². The van der Waals surface area contributed by atoms with Crippen molar-refractivity contribution in [2.45, 2.75) is 25.3 Å². The zero-order valence-electron chi connectivity index (χ0n) is 12.7. The Balaban J connectivity index is 1.53. The highest BCUT2D eigenvalue weighted by Gasteiger charge is 2.25. The second-order valence-corrected chi connectivity index (χ2v) is 6.07. The number of hydrogen-bond acceptors (Lipinski definition) is 4. The summed E-state index contributed by atoms with van der Waals surface area (Å²) in [5.41, 5.74) is 3.62. The van der Waals surface area contributed by atoms with Gasteiger partial charge in [0.2, 0.25) is 0 Å². The third-order valence-corrected chi connectivity index (χ3v) is 4.43. The highest BCUT2D eigenvalue weighted by molar-refractivity contribution is 5.72. The molecular formula is C17H18FN5. The van der Waals surface area contributed by atoms with Gasteiger partial charge < -0.3 is 0 Å². The fraction of sp³-hybridized carbons (Fsp3) is 0.353. The van der Waals surface area contributed by atoms with Crippen LogP contribution in [0.5, 0.6) is 0 Å². The van der Waals surface area contributed by atoms with Crippen molar-refractivity contribution in [1.29, 1.82) is 0 Å². The van der Waals surface area contributed by atoms with Crippen LogP contribution < -0.4 is 0 Å². The van der Waals surface area contributed by atoms with Crippen molar-refractivity contribution < 1.29 is 4.39 Å². The van der Waals surface area contributed by atoms with Crippen LogP contribution in [-0.2, 0) is 6.54 Å². The number of rotatable bonds is 3. The molecule has 1 aliphatic rings.